The summed E-state index contributed by atoms with van der Waals surface area (Å²) in [4.78, 5) is 14.0. The standard InChI is InChI=1S/C13H15ClFNO2/c1-16-6-4-10(5-7-16)18-13(17)11-8-9(14)2-3-12(11)15/h2-3,8,10H,4-7H2,1H3. The van der Waals surface area contributed by atoms with Gasteiger partial charge in [0.2, 0.25) is 0 Å². The third-order valence-electron chi connectivity index (χ3n) is 3.09. The highest BCUT2D eigenvalue weighted by Crippen LogP contribution is 2.19. The molecule has 1 heterocycles. The summed E-state index contributed by atoms with van der Waals surface area (Å²) >= 11 is 5.74. The number of halogens is 2. The lowest BCUT2D eigenvalue weighted by molar-refractivity contribution is 0.0135. The van der Waals surface area contributed by atoms with Crippen LogP contribution >= 0.6 is 11.6 Å². The van der Waals surface area contributed by atoms with Crippen LogP contribution in [-0.4, -0.2) is 37.1 Å². The third-order valence-corrected chi connectivity index (χ3v) is 3.32. The van der Waals surface area contributed by atoms with Crippen LogP contribution in [0.15, 0.2) is 18.2 Å². The monoisotopic (exact) mass is 271 g/mol. The van der Waals surface area contributed by atoms with Crippen LogP contribution < -0.4 is 0 Å². The molecule has 1 aliphatic rings. The Morgan fingerprint density at radius 2 is 2.11 bits per heavy atom. The predicted octanol–water partition coefficient (Wildman–Crippen LogP) is 2.73. The minimum absolute atomic E-state index is 0.0959. The Bertz CT molecular complexity index is 445. The van der Waals surface area contributed by atoms with Crippen molar-refractivity contribution in [1.29, 1.82) is 0 Å². The van der Waals surface area contributed by atoms with E-state index in [-0.39, 0.29) is 11.7 Å². The molecule has 0 amide bonds. The van der Waals surface area contributed by atoms with E-state index >= 15 is 0 Å². The average Bonchev–Trinajstić information content (AvgIpc) is 2.35. The molecule has 1 saturated heterocycles. The fraction of sp³-hybridized carbons (Fsp3) is 0.462. The van der Waals surface area contributed by atoms with Crippen LogP contribution in [0.25, 0.3) is 0 Å². The van der Waals surface area contributed by atoms with Crippen LogP contribution in [0, 0.1) is 5.82 Å². The van der Waals surface area contributed by atoms with Crippen LogP contribution in [0.2, 0.25) is 5.02 Å². The van der Waals surface area contributed by atoms with Gasteiger partial charge < -0.3 is 9.64 Å². The van der Waals surface area contributed by atoms with Crippen LogP contribution in [-0.2, 0) is 4.74 Å². The normalized spacial score (nSPS) is 17.7. The van der Waals surface area contributed by atoms with Crippen LogP contribution in [0.3, 0.4) is 0 Å². The number of hydrogen-bond donors (Lipinski definition) is 0. The molecule has 5 heteroatoms. The Hall–Kier alpha value is -1.13. The van der Waals surface area contributed by atoms with Crippen molar-refractivity contribution >= 4 is 17.6 Å². The summed E-state index contributed by atoms with van der Waals surface area (Å²) < 4.78 is 18.8. The Kier molecular flexibility index (Phi) is 4.19. The molecule has 0 spiro atoms. The Balaban J connectivity index is 2.01. The molecule has 18 heavy (non-hydrogen) atoms. The number of rotatable bonds is 2. The van der Waals surface area contributed by atoms with Crippen molar-refractivity contribution in [2.75, 3.05) is 20.1 Å². The highest BCUT2D eigenvalue weighted by Gasteiger charge is 2.22. The van der Waals surface area contributed by atoms with Crippen molar-refractivity contribution < 1.29 is 13.9 Å². The maximum absolute atomic E-state index is 13.5. The minimum atomic E-state index is -0.635. The van der Waals surface area contributed by atoms with Gasteiger partial charge in [-0.1, -0.05) is 11.6 Å². The van der Waals surface area contributed by atoms with E-state index in [2.05, 4.69) is 4.90 Å². The van der Waals surface area contributed by atoms with Gasteiger partial charge in [0.1, 0.15) is 11.9 Å². The molecule has 2 rings (SSSR count). The molecule has 3 nitrogen and oxygen atoms in total. The molecule has 0 saturated carbocycles. The molecule has 1 aliphatic heterocycles. The summed E-state index contributed by atoms with van der Waals surface area (Å²) in [6, 6.07) is 3.88. The lowest BCUT2D eigenvalue weighted by Gasteiger charge is -2.28. The lowest BCUT2D eigenvalue weighted by Crippen LogP contribution is -2.35. The van der Waals surface area contributed by atoms with E-state index in [9.17, 15) is 9.18 Å². The van der Waals surface area contributed by atoms with E-state index in [0.717, 1.165) is 25.9 Å². The van der Waals surface area contributed by atoms with Crippen molar-refractivity contribution in [3.8, 4) is 0 Å². The third kappa shape index (κ3) is 3.21. The predicted molar refractivity (Wildman–Crippen MR) is 67.3 cm³/mol. The molecule has 0 unspecified atom stereocenters. The Morgan fingerprint density at radius 1 is 1.44 bits per heavy atom. The first-order chi connectivity index (χ1) is 8.56. The number of piperidine rings is 1. The van der Waals surface area contributed by atoms with Gasteiger partial charge in [-0.3, -0.25) is 0 Å². The van der Waals surface area contributed by atoms with Crippen molar-refractivity contribution in [1.82, 2.24) is 4.90 Å². The fourth-order valence-electron chi connectivity index (χ4n) is 1.97. The van der Waals surface area contributed by atoms with E-state index in [1.54, 1.807) is 0 Å². The quantitative estimate of drug-likeness (QED) is 0.775. The van der Waals surface area contributed by atoms with E-state index in [0.29, 0.717) is 5.02 Å². The molecule has 0 bridgehead atoms. The second-order valence-electron chi connectivity index (χ2n) is 4.53. The maximum Gasteiger partial charge on any atom is 0.341 e. The highest BCUT2D eigenvalue weighted by molar-refractivity contribution is 6.30. The molecule has 0 aromatic heterocycles. The molecule has 0 atom stereocenters. The first-order valence-electron chi connectivity index (χ1n) is 5.91. The average molecular weight is 272 g/mol. The van der Waals surface area contributed by atoms with Crippen molar-refractivity contribution in [3.05, 3.63) is 34.6 Å². The number of carbonyl (C=O) groups excluding carboxylic acids is 1. The van der Waals surface area contributed by atoms with Crippen molar-refractivity contribution in [2.24, 2.45) is 0 Å². The van der Waals surface area contributed by atoms with Crippen LogP contribution in [0.4, 0.5) is 4.39 Å². The van der Waals surface area contributed by atoms with Crippen LogP contribution in [0.5, 0.6) is 0 Å². The largest absolute Gasteiger partial charge is 0.459 e. The van der Waals surface area contributed by atoms with Crippen molar-refractivity contribution in [3.63, 3.8) is 0 Å². The second-order valence-corrected chi connectivity index (χ2v) is 4.97. The number of hydrogen-bond acceptors (Lipinski definition) is 3. The van der Waals surface area contributed by atoms with E-state index < -0.39 is 11.8 Å². The first-order valence-corrected chi connectivity index (χ1v) is 6.28. The smallest absolute Gasteiger partial charge is 0.341 e. The van der Waals surface area contributed by atoms with Gasteiger partial charge in [-0.2, -0.15) is 0 Å². The summed E-state index contributed by atoms with van der Waals surface area (Å²) in [5.41, 5.74) is -0.0959. The Morgan fingerprint density at radius 3 is 2.78 bits per heavy atom. The molecule has 98 valence electrons. The number of nitrogens with zero attached hydrogens (tertiary/aromatic N) is 1. The fourth-order valence-corrected chi connectivity index (χ4v) is 2.14. The van der Waals surface area contributed by atoms with Gasteiger partial charge in [0.25, 0.3) is 0 Å². The summed E-state index contributed by atoms with van der Waals surface area (Å²) in [5.74, 6) is -1.23. The Labute approximate surface area is 110 Å². The maximum atomic E-state index is 13.5. The molecular formula is C13H15ClFNO2. The molecule has 0 N–H and O–H groups in total. The molecule has 0 aliphatic carbocycles. The summed E-state index contributed by atoms with van der Waals surface area (Å²) in [7, 11) is 2.02. The van der Waals surface area contributed by atoms with Crippen molar-refractivity contribution in [2.45, 2.75) is 18.9 Å². The second kappa shape index (κ2) is 5.67. The first kappa shape index (κ1) is 13.3. The zero-order valence-corrected chi connectivity index (χ0v) is 10.9. The molecule has 1 aromatic rings. The SMILES string of the molecule is CN1CCC(OC(=O)c2cc(Cl)ccc2F)CC1. The minimum Gasteiger partial charge on any atom is -0.459 e. The highest BCUT2D eigenvalue weighted by atomic mass is 35.5. The number of likely N-dealkylation sites (tertiary alicyclic amines) is 1. The number of ether oxygens (including phenoxy) is 1. The van der Waals surface area contributed by atoms with Gasteiger partial charge in [0.15, 0.2) is 0 Å². The van der Waals surface area contributed by atoms with Gasteiger partial charge in [0, 0.05) is 18.1 Å². The number of benzene rings is 1. The van der Waals surface area contributed by atoms with E-state index in [1.807, 2.05) is 7.05 Å². The summed E-state index contributed by atoms with van der Waals surface area (Å²) in [5, 5.41) is 0.326. The lowest BCUT2D eigenvalue weighted by atomic mass is 10.1. The van der Waals surface area contributed by atoms with E-state index in [4.69, 9.17) is 16.3 Å². The topological polar surface area (TPSA) is 29.5 Å². The van der Waals surface area contributed by atoms with Gasteiger partial charge in [-0.05, 0) is 38.1 Å². The molecular weight excluding hydrogens is 257 g/mol. The van der Waals surface area contributed by atoms with Crippen LogP contribution in [0.1, 0.15) is 23.2 Å². The summed E-state index contributed by atoms with van der Waals surface area (Å²) in [6.07, 6.45) is 1.43. The molecule has 0 radical (unpaired) electrons. The summed E-state index contributed by atoms with van der Waals surface area (Å²) in [6.45, 7) is 1.77. The number of carbonyl (C=O) groups is 1. The molecule has 1 aromatic carbocycles. The van der Waals surface area contributed by atoms with Gasteiger partial charge >= 0.3 is 5.97 Å². The van der Waals surface area contributed by atoms with Gasteiger partial charge in [-0.15, -0.1) is 0 Å². The van der Waals surface area contributed by atoms with E-state index in [1.165, 1.54) is 18.2 Å². The van der Waals surface area contributed by atoms with Gasteiger partial charge in [-0.25, -0.2) is 9.18 Å². The number of esters is 1. The zero-order chi connectivity index (χ0) is 13.1. The van der Waals surface area contributed by atoms with Gasteiger partial charge in [0.05, 0.1) is 5.56 Å². The molecule has 1 fully saturated rings. The zero-order valence-electron chi connectivity index (χ0n) is 10.2.